The van der Waals surface area contributed by atoms with Gasteiger partial charge in [-0.05, 0) is 37.0 Å². The Morgan fingerprint density at radius 3 is 2.31 bits per heavy atom. The topological polar surface area (TPSA) is 86.8 Å². The molecule has 2 aromatic carbocycles. The van der Waals surface area contributed by atoms with Crippen LogP contribution in [0.4, 0.5) is 5.69 Å². The van der Waals surface area contributed by atoms with Crippen LogP contribution < -0.4 is 9.62 Å². The van der Waals surface area contributed by atoms with Crippen molar-refractivity contribution in [3.63, 3.8) is 0 Å². The number of para-hydroxylation sites is 1. The average Bonchev–Trinajstić information content (AvgIpc) is 2.76. The van der Waals surface area contributed by atoms with Crippen LogP contribution in [0.2, 0.25) is 0 Å². The first-order valence-corrected chi connectivity index (χ1v) is 12.6. The number of carbonyl (C=O) groups excluding carboxylic acids is 2. The smallest absolute Gasteiger partial charge is 0.244 e. The van der Waals surface area contributed by atoms with Crippen molar-refractivity contribution >= 4 is 27.5 Å². The van der Waals surface area contributed by atoms with E-state index >= 15 is 0 Å². The number of nitrogens with zero attached hydrogens (tertiary/aromatic N) is 2. The first-order chi connectivity index (χ1) is 15.1. The van der Waals surface area contributed by atoms with E-state index in [-0.39, 0.29) is 19.0 Å². The van der Waals surface area contributed by atoms with Crippen LogP contribution in [0.1, 0.15) is 37.0 Å². The molecule has 0 spiro atoms. The maximum Gasteiger partial charge on any atom is 0.244 e. The van der Waals surface area contributed by atoms with Crippen LogP contribution in [0.15, 0.2) is 48.5 Å². The van der Waals surface area contributed by atoms with Gasteiger partial charge < -0.3 is 10.2 Å². The molecule has 0 aliphatic carbocycles. The Balaban J connectivity index is 2.47. The normalized spacial score (nSPS) is 12.2. The van der Waals surface area contributed by atoms with E-state index in [1.807, 2.05) is 57.2 Å². The van der Waals surface area contributed by atoms with Gasteiger partial charge in [-0.25, -0.2) is 8.42 Å². The quantitative estimate of drug-likeness (QED) is 0.592. The van der Waals surface area contributed by atoms with Gasteiger partial charge in [-0.2, -0.15) is 0 Å². The molecule has 0 saturated carbocycles. The largest absolute Gasteiger partial charge is 0.357 e. The van der Waals surface area contributed by atoms with E-state index in [4.69, 9.17) is 0 Å². The van der Waals surface area contributed by atoms with Gasteiger partial charge in [-0.3, -0.25) is 13.9 Å². The summed E-state index contributed by atoms with van der Waals surface area (Å²) in [5.41, 5.74) is 3.22. The van der Waals surface area contributed by atoms with Crippen molar-refractivity contribution in [1.82, 2.24) is 10.2 Å². The zero-order valence-corrected chi connectivity index (χ0v) is 20.3. The number of nitrogens with one attached hydrogen (secondary N) is 1. The van der Waals surface area contributed by atoms with Crippen LogP contribution in [-0.2, 0) is 32.6 Å². The van der Waals surface area contributed by atoms with Crippen LogP contribution in [0.3, 0.4) is 0 Å². The number of aryl methyl sites for hydroxylation is 2. The molecule has 174 valence electrons. The van der Waals surface area contributed by atoms with E-state index in [1.165, 1.54) is 11.9 Å². The molecule has 0 aliphatic heterocycles. The van der Waals surface area contributed by atoms with Crippen molar-refractivity contribution in [2.75, 3.05) is 24.2 Å². The van der Waals surface area contributed by atoms with Crippen molar-refractivity contribution in [3.8, 4) is 0 Å². The Hall–Kier alpha value is -2.87. The summed E-state index contributed by atoms with van der Waals surface area (Å²) in [6, 6.07) is 14.1. The monoisotopic (exact) mass is 459 g/mol. The van der Waals surface area contributed by atoms with Crippen LogP contribution in [0, 0.1) is 6.92 Å². The molecule has 2 amide bonds. The van der Waals surface area contributed by atoms with E-state index in [0.717, 1.165) is 27.3 Å². The third-order valence-corrected chi connectivity index (χ3v) is 6.51. The second-order valence-corrected chi connectivity index (χ2v) is 9.71. The lowest BCUT2D eigenvalue weighted by molar-refractivity contribution is -0.140. The Morgan fingerprint density at radius 1 is 1.06 bits per heavy atom. The molecule has 8 heteroatoms. The molecule has 0 bridgehead atoms. The van der Waals surface area contributed by atoms with Gasteiger partial charge in [0, 0.05) is 13.6 Å². The highest BCUT2D eigenvalue weighted by molar-refractivity contribution is 7.92. The Morgan fingerprint density at radius 2 is 1.75 bits per heavy atom. The summed E-state index contributed by atoms with van der Waals surface area (Å²) in [4.78, 5) is 27.6. The summed E-state index contributed by atoms with van der Waals surface area (Å²) < 4.78 is 26.5. The highest BCUT2D eigenvalue weighted by atomic mass is 32.2. The molecule has 0 saturated heterocycles. The average molecular weight is 460 g/mol. The number of hydrogen-bond acceptors (Lipinski definition) is 4. The van der Waals surface area contributed by atoms with E-state index in [2.05, 4.69) is 5.32 Å². The second-order valence-electron chi connectivity index (χ2n) is 7.80. The van der Waals surface area contributed by atoms with E-state index in [9.17, 15) is 18.0 Å². The first-order valence-electron chi connectivity index (χ1n) is 10.7. The minimum absolute atomic E-state index is 0.208. The van der Waals surface area contributed by atoms with Gasteiger partial charge >= 0.3 is 0 Å². The minimum Gasteiger partial charge on any atom is -0.357 e. The number of sulfonamides is 1. The molecule has 0 aliphatic rings. The van der Waals surface area contributed by atoms with Crippen molar-refractivity contribution < 1.29 is 18.0 Å². The fourth-order valence-corrected chi connectivity index (χ4v) is 4.62. The van der Waals surface area contributed by atoms with Crippen molar-refractivity contribution in [1.29, 1.82) is 0 Å². The maximum absolute atomic E-state index is 13.5. The van der Waals surface area contributed by atoms with Gasteiger partial charge in [0.05, 0.1) is 11.9 Å². The Bertz CT molecular complexity index is 1050. The molecule has 1 atom stereocenters. The zero-order valence-electron chi connectivity index (χ0n) is 19.5. The van der Waals surface area contributed by atoms with Gasteiger partial charge in [-0.15, -0.1) is 0 Å². The van der Waals surface area contributed by atoms with Crippen molar-refractivity contribution in [2.45, 2.75) is 46.2 Å². The predicted molar refractivity (Wildman–Crippen MR) is 128 cm³/mol. The molecule has 0 aromatic heterocycles. The Labute approximate surface area is 191 Å². The summed E-state index contributed by atoms with van der Waals surface area (Å²) in [6.07, 6.45) is 2.12. The third kappa shape index (κ3) is 6.32. The third-order valence-electron chi connectivity index (χ3n) is 5.39. The summed E-state index contributed by atoms with van der Waals surface area (Å²) in [5.74, 6) is -0.716. The summed E-state index contributed by atoms with van der Waals surface area (Å²) in [5, 5.41) is 2.62. The highest BCUT2D eigenvalue weighted by Gasteiger charge is 2.31. The molecular weight excluding hydrogens is 426 g/mol. The lowest BCUT2D eigenvalue weighted by Crippen LogP contribution is -2.51. The molecule has 7 nitrogen and oxygen atoms in total. The van der Waals surface area contributed by atoms with Gasteiger partial charge in [0.1, 0.15) is 12.6 Å². The molecule has 2 aromatic rings. The lowest BCUT2D eigenvalue weighted by atomic mass is 10.1. The van der Waals surface area contributed by atoms with Crippen LogP contribution in [0.5, 0.6) is 0 Å². The van der Waals surface area contributed by atoms with Gasteiger partial charge in [0.2, 0.25) is 21.8 Å². The molecule has 32 heavy (non-hydrogen) atoms. The number of carbonyl (C=O) groups is 2. The number of rotatable bonds is 10. The summed E-state index contributed by atoms with van der Waals surface area (Å²) in [6.45, 7) is 5.55. The van der Waals surface area contributed by atoms with E-state index in [0.29, 0.717) is 18.5 Å². The fourth-order valence-electron chi connectivity index (χ4n) is 3.74. The Kier molecular flexibility index (Phi) is 8.83. The molecule has 0 radical (unpaired) electrons. The van der Waals surface area contributed by atoms with Crippen LogP contribution in [0.25, 0.3) is 0 Å². The second kappa shape index (κ2) is 11.1. The van der Waals surface area contributed by atoms with Gasteiger partial charge in [-0.1, -0.05) is 61.9 Å². The maximum atomic E-state index is 13.5. The lowest BCUT2D eigenvalue weighted by Gasteiger charge is -2.33. The fraction of sp³-hybridized carbons (Fsp3) is 0.417. The van der Waals surface area contributed by atoms with Crippen LogP contribution >= 0.6 is 0 Å². The minimum atomic E-state index is -3.73. The van der Waals surface area contributed by atoms with E-state index in [1.54, 1.807) is 12.1 Å². The number of benzene rings is 2. The number of likely N-dealkylation sites (N-methyl/N-ethyl adjacent to an activating group) is 1. The number of amides is 2. The highest BCUT2D eigenvalue weighted by Crippen LogP contribution is 2.24. The summed E-state index contributed by atoms with van der Waals surface area (Å²) >= 11 is 0. The van der Waals surface area contributed by atoms with Crippen molar-refractivity contribution in [2.24, 2.45) is 0 Å². The predicted octanol–water partition coefficient (Wildman–Crippen LogP) is 2.88. The number of anilines is 1. The zero-order chi connectivity index (χ0) is 23.9. The molecule has 2 rings (SSSR count). The van der Waals surface area contributed by atoms with E-state index < -0.39 is 22.0 Å². The molecular formula is C24H33N3O4S. The SMILES string of the molecule is CCc1ccccc1N(CC(=O)N(Cc1cccc(C)c1)[C@@H](CC)C(=O)NC)S(C)(=O)=O. The van der Waals surface area contributed by atoms with Gasteiger partial charge in [0.15, 0.2) is 0 Å². The summed E-state index contributed by atoms with van der Waals surface area (Å²) in [7, 11) is -2.20. The first kappa shape index (κ1) is 25.4. The molecule has 1 N–H and O–H groups in total. The molecule has 0 heterocycles. The molecule has 0 fully saturated rings. The van der Waals surface area contributed by atoms with Gasteiger partial charge in [0.25, 0.3) is 0 Å². The number of hydrogen-bond donors (Lipinski definition) is 1. The standard InChI is InChI=1S/C24H33N3O4S/c1-6-20-13-8-9-14-22(20)27(32(5,30)31)17-23(28)26(21(7-2)24(29)25-4)16-19-12-10-11-18(3)15-19/h8-15,21H,6-7,16-17H2,1-5H3,(H,25,29)/t21-/m0/s1. The van der Waals surface area contributed by atoms with Crippen LogP contribution in [-0.4, -0.2) is 51.0 Å². The molecule has 0 unspecified atom stereocenters. The van der Waals surface area contributed by atoms with Crippen molar-refractivity contribution in [3.05, 3.63) is 65.2 Å².